The van der Waals surface area contributed by atoms with Crippen LogP contribution in [0.5, 0.6) is 0 Å². The first-order chi connectivity index (χ1) is 8.83. The molecule has 0 aliphatic carbocycles. The molecule has 0 amide bonds. The second kappa shape index (κ2) is 4.93. The SMILES string of the molecule is CCC(CNC)c1cc2c3c(c1)CCN3CCC2. The lowest BCUT2D eigenvalue weighted by molar-refractivity contribution is 0.610. The Morgan fingerprint density at radius 1 is 1.22 bits per heavy atom. The van der Waals surface area contributed by atoms with Gasteiger partial charge in [0.25, 0.3) is 0 Å². The van der Waals surface area contributed by atoms with Gasteiger partial charge >= 0.3 is 0 Å². The van der Waals surface area contributed by atoms with Crippen LogP contribution in [0.3, 0.4) is 0 Å². The zero-order chi connectivity index (χ0) is 12.5. The molecule has 0 saturated heterocycles. The normalized spacial score (nSPS) is 18.9. The van der Waals surface area contributed by atoms with Crippen LogP contribution in [-0.2, 0) is 12.8 Å². The Labute approximate surface area is 110 Å². The van der Waals surface area contributed by atoms with E-state index in [9.17, 15) is 0 Å². The molecule has 1 aromatic rings. The van der Waals surface area contributed by atoms with Gasteiger partial charge in [-0.05, 0) is 55.3 Å². The van der Waals surface area contributed by atoms with Crippen molar-refractivity contribution < 1.29 is 0 Å². The largest absolute Gasteiger partial charge is 0.371 e. The van der Waals surface area contributed by atoms with Gasteiger partial charge in [0.05, 0.1) is 0 Å². The number of hydrogen-bond acceptors (Lipinski definition) is 2. The third kappa shape index (κ3) is 1.93. The summed E-state index contributed by atoms with van der Waals surface area (Å²) in [5.74, 6) is 0.674. The number of hydrogen-bond donors (Lipinski definition) is 1. The van der Waals surface area contributed by atoms with Gasteiger partial charge in [-0.25, -0.2) is 0 Å². The number of nitrogens with one attached hydrogen (secondary N) is 1. The molecule has 0 bridgehead atoms. The summed E-state index contributed by atoms with van der Waals surface area (Å²) in [6.07, 6.45) is 5.09. The van der Waals surface area contributed by atoms with Crippen LogP contribution in [0, 0.1) is 0 Å². The molecule has 0 aromatic heterocycles. The van der Waals surface area contributed by atoms with Crippen molar-refractivity contribution in [2.24, 2.45) is 0 Å². The third-order valence-electron chi connectivity index (χ3n) is 4.55. The summed E-state index contributed by atoms with van der Waals surface area (Å²) in [7, 11) is 2.06. The first kappa shape index (κ1) is 12.0. The van der Waals surface area contributed by atoms with Crippen molar-refractivity contribution in [1.29, 1.82) is 0 Å². The van der Waals surface area contributed by atoms with Crippen LogP contribution < -0.4 is 10.2 Å². The van der Waals surface area contributed by atoms with Crippen LogP contribution in [0.1, 0.15) is 42.4 Å². The predicted octanol–water partition coefficient (Wildman–Crippen LogP) is 2.71. The summed E-state index contributed by atoms with van der Waals surface area (Å²) in [6, 6.07) is 4.97. The molecule has 0 saturated carbocycles. The fourth-order valence-electron chi connectivity index (χ4n) is 3.61. The molecule has 0 radical (unpaired) electrons. The number of aryl methyl sites for hydroxylation is 1. The van der Waals surface area contributed by atoms with Gasteiger partial charge in [0.15, 0.2) is 0 Å². The second-order valence-electron chi connectivity index (χ2n) is 5.69. The monoisotopic (exact) mass is 244 g/mol. The van der Waals surface area contributed by atoms with E-state index in [2.05, 4.69) is 36.3 Å². The average molecular weight is 244 g/mol. The molecular weight excluding hydrogens is 220 g/mol. The fraction of sp³-hybridized carbons (Fsp3) is 0.625. The molecular formula is C16H24N2. The highest BCUT2D eigenvalue weighted by Crippen LogP contribution is 2.38. The van der Waals surface area contributed by atoms with Crippen molar-refractivity contribution in [3.05, 3.63) is 28.8 Å². The minimum atomic E-state index is 0.674. The third-order valence-corrected chi connectivity index (χ3v) is 4.55. The number of likely N-dealkylation sites (N-methyl/N-ethyl adjacent to an activating group) is 1. The topological polar surface area (TPSA) is 15.3 Å². The molecule has 3 rings (SSSR count). The Balaban J connectivity index is 1.98. The van der Waals surface area contributed by atoms with E-state index in [1.54, 1.807) is 22.4 Å². The van der Waals surface area contributed by atoms with Crippen molar-refractivity contribution in [3.63, 3.8) is 0 Å². The lowest BCUT2D eigenvalue weighted by Crippen LogP contribution is -2.26. The van der Waals surface area contributed by atoms with Crippen LogP contribution in [0.4, 0.5) is 5.69 Å². The van der Waals surface area contributed by atoms with Gasteiger partial charge in [-0.15, -0.1) is 0 Å². The first-order valence-corrected chi connectivity index (χ1v) is 7.38. The summed E-state index contributed by atoms with van der Waals surface area (Å²) in [6.45, 7) is 5.91. The van der Waals surface area contributed by atoms with Gasteiger partial charge in [0, 0.05) is 25.3 Å². The zero-order valence-corrected chi connectivity index (χ0v) is 11.6. The van der Waals surface area contributed by atoms with E-state index in [0.29, 0.717) is 5.92 Å². The highest BCUT2D eigenvalue weighted by atomic mass is 15.2. The number of rotatable bonds is 4. The van der Waals surface area contributed by atoms with Gasteiger partial charge in [-0.2, -0.15) is 0 Å². The summed E-state index contributed by atoms with van der Waals surface area (Å²) in [5.41, 5.74) is 6.37. The van der Waals surface area contributed by atoms with Gasteiger partial charge in [0.2, 0.25) is 0 Å². The fourth-order valence-corrected chi connectivity index (χ4v) is 3.61. The van der Waals surface area contributed by atoms with Crippen LogP contribution in [0.2, 0.25) is 0 Å². The van der Waals surface area contributed by atoms with Crippen LogP contribution in [0.25, 0.3) is 0 Å². The van der Waals surface area contributed by atoms with Gasteiger partial charge in [0.1, 0.15) is 0 Å². The van der Waals surface area contributed by atoms with Crippen LogP contribution in [-0.4, -0.2) is 26.7 Å². The Morgan fingerprint density at radius 3 is 2.72 bits per heavy atom. The van der Waals surface area contributed by atoms with Crippen LogP contribution in [0.15, 0.2) is 12.1 Å². The summed E-state index contributed by atoms with van der Waals surface area (Å²) >= 11 is 0. The number of nitrogens with zero attached hydrogens (tertiary/aromatic N) is 1. The molecule has 2 heteroatoms. The quantitative estimate of drug-likeness (QED) is 0.876. The van der Waals surface area contributed by atoms with E-state index < -0.39 is 0 Å². The molecule has 2 aliphatic heterocycles. The van der Waals surface area contributed by atoms with Crippen molar-refractivity contribution >= 4 is 5.69 Å². The van der Waals surface area contributed by atoms with E-state index in [4.69, 9.17) is 0 Å². The number of anilines is 1. The van der Waals surface area contributed by atoms with Gasteiger partial charge < -0.3 is 10.2 Å². The summed E-state index contributed by atoms with van der Waals surface area (Å²) in [5, 5.41) is 3.33. The lowest BCUT2D eigenvalue weighted by Gasteiger charge is -2.28. The van der Waals surface area contributed by atoms with E-state index >= 15 is 0 Å². The molecule has 1 N–H and O–H groups in total. The second-order valence-corrected chi connectivity index (χ2v) is 5.69. The molecule has 18 heavy (non-hydrogen) atoms. The highest BCUT2D eigenvalue weighted by Gasteiger charge is 2.26. The summed E-state index contributed by atoms with van der Waals surface area (Å²) in [4.78, 5) is 2.59. The Hall–Kier alpha value is -1.02. The Kier molecular flexibility index (Phi) is 3.29. The Morgan fingerprint density at radius 2 is 2.00 bits per heavy atom. The van der Waals surface area contributed by atoms with Crippen molar-refractivity contribution in [1.82, 2.24) is 5.32 Å². The first-order valence-electron chi connectivity index (χ1n) is 7.38. The molecule has 1 unspecified atom stereocenters. The zero-order valence-electron chi connectivity index (χ0n) is 11.6. The summed E-state index contributed by atoms with van der Waals surface area (Å²) < 4.78 is 0. The molecule has 2 heterocycles. The van der Waals surface area contributed by atoms with E-state index in [-0.39, 0.29) is 0 Å². The van der Waals surface area contributed by atoms with E-state index in [1.165, 1.54) is 38.8 Å². The molecule has 0 spiro atoms. The standard InChI is InChI=1S/C16H24N2/c1-3-12(11-17-2)15-9-13-5-4-7-18-8-6-14(10-15)16(13)18/h9-10,12,17H,3-8,11H2,1-2H3. The molecule has 2 nitrogen and oxygen atoms in total. The van der Waals surface area contributed by atoms with E-state index in [0.717, 1.165) is 6.54 Å². The lowest BCUT2D eigenvalue weighted by atomic mass is 9.89. The maximum absolute atomic E-state index is 3.33. The van der Waals surface area contributed by atoms with Gasteiger partial charge in [-0.3, -0.25) is 0 Å². The van der Waals surface area contributed by atoms with Crippen molar-refractivity contribution in [2.45, 2.75) is 38.5 Å². The Bertz CT molecular complexity index is 439. The minimum Gasteiger partial charge on any atom is -0.371 e. The molecule has 1 atom stereocenters. The minimum absolute atomic E-state index is 0.674. The maximum Gasteiger partial charge on any atom is 0.0432 e. The predicted molar refractivity (Wildman–Crippen MR) is 77.6 cm³/mol. The maximum atomic E-state index is 3.33. The highest BCUT2D eigenvalue weighted by molar-refractivity contribution is 5.66. The molecule has 2 aliphatic rings. The van der Waals surface area contributed by atoms with E-state index in [1.807, 2.05) is 0 Å². The molecule has 0 fully saturated rings. The number of benzene rings is 1. The molecule has 98 valence electrons. The van der Waals surface area contributed by atoms with Crippen molar-refractivity contribution in [2.75, 3.05) is 31.6 Å². The van der Waals surface area contributed by atoms with Gasteiger partial charge in [-0.1, -0.05) is 19.1 Å². The van der Waals surface area contributed by atoms with Crippen LogP contribution >= 0.6 is 0 Å². The smallest absolute Gasteiger partial charge is 0.0432 e. The van der Waals surface area contributed by atoms with Crippen molar-refractivity contribution in [3.8, 4) is 0 Å². The average Bonchev–Trinajstić information content (AvgIpc) is 2.81. The molecule has 1 aromatic carbocycles.